The summed E-state index contributed by atoms with van der Waals surface area (Å²) in [7, 11) is 0. The summed E-state index contributed by atoms with van der Waals surface area (Å²) in [5.74, 6) is 1.29. The largest absolute Gasteiger partial charge is 0.504 e. The van der Waals surface area contributed by atoms with Crippen LogP contribution in [0, 0.1) is 11.8 Å². The van der Waals surface area contributed by atoms with Crippen LogP contribution in [0.5, 0.6) is 11.5 Å². The lowest BCUT2D eigenvalue weighted by Crippen LogP contribution is -2.38. The molecule has 19 heavy (non-hydrogen) atoms. The van der Waals surface area contributed by atoms with Crippen LogP contribution in [0.4, 0.5) is 0 Å². The number of phenols is 2. The first kappa shape index (κ1) is 12.8. The fourth-order valence-electron chi connectivity index (χ4n) is 3.66. The number of nitrogens with two attached hydrogens (primary N) is 1. The van der Waals surface area contributed by atoms with Crippen molar-refractivity contribution < 1.29 is 10.2 Å². The van der Waals surface area contributed by atoms with Crippen molar-refractivity contribution in [3.05, 3.63) is 23.8 Å². The van der Waals surface area contributed by atoms with Gasteiger partial charge in [-0.25, -0.2) is 0 Å². The molecular formula is C15H22N2O2. The Kier molecular flexibility index (Phi) is 3.37. The lowest BCUT2D eigenvalue weighted by Gasteiger charge is -2.29. The predicted molar refractivity (Wildman–Crippen MR) is 73.9 cm³/mol. The molecule has 0 spiro atoms. The van der Waals surface area contributed by atoms with Crippen LogP contribution in [0.3, 0.4) is 0 Å². The maximum atomic E-state index is 9.53. The van der Waals surface area contributed by atoms with E-state index in [4.69, 9.17) is 5.73 Å². The molecule has 0 radical (unpaired) electrons. The second-order valence-corrected chi connectivity index (χ2v) is 6.04. The average Bonchev–Trinajstić information content (AvgIpc) is 2.78. The van der Waals surface area contributed by atoms with Crippen LogP contribution < -0.4 is 5.73 Å². The number of hydrogen-bond donors (Lipinski definition) is 3. The Morgan fingerprint density at radius 2 is 2.00 bits per heavy atom. The summed E-state index contributed by atoms with van der Waals surface area (Å²) in [6.07, 6.45) is 3.72. The molecule has 1 aromatic rings. The molecule has 0 bridgehead atoms. The fourth-order valence-corrected chi connectivity index (χ4v) is 3.66. The topological polar surface area (TPSA) is 69.7 Å². The second-order valence-electron chi connectivity index (χ2n) is 6.04. The number of rotatable bonds is 2. The highest BCUT2D eigenvalue weighted by molar-refractivity contribution is 5.40. The quantitative estimate of drug-likeness (QED) is 0.709. The van der Waals surface area contributed by atoms with E-state index in [1.54, 1.807) is 12.1 Å². The SMILES string of the molecule is NC1CCCC2CN(Cc3ccc(O)c(O)c3)CC12. The monoisotopic (exact) mass is 262 g/mol. The van der Waals surface area contributed by atoms with Crippen LogP contribution in [0.25, 0.3) is 0 Å². The van der Waals surface area contributed by atoms with Crippen LogP contribution in [-0.2, 0) is 6.54 Å². The zero-order valence-corrected chi connectivity index (χ0v) is 11.1. The zero-order valence-electron chi connectivity index (χ0n) is 11.1. The normalized spacial score (nSPS) is 31.3. The van der Waals surface area contributed by atoms with Gasteiger partial charge in [0, 0.05) is 25.7 Å². The molecule has 1 heterocycles. The van der Waals surface area contributed by atoms with E-state index in [1.807, 2.05) is 6.07 Å². The Hall–Kier alpha value is -1.26. The molecule has 3 atom stereocenters. The first-order valence-corrected chi connectivity index (χ1v) is 7.12. The Balaban J connectivity index is 1.66. The highest BCUT2D eigenvalue weighted by Gasteiger charge is 2.38. The van der Waals surface area contributed by atoms with Crippen LogP contribution in [0.15, 0.2) is 18.2 Å². The highest BCUT2D eigenvalue weighted by Crippen LogP contribution is 2.36. The van der Waals surface area contributed by atoms with Gasteiger partial charge in [-0.1, -0.05) is 12.5 Å². The van der Waals surface area contributed by atoms with Gasteiger partial charge in [-0.15, -0.1) is 0 Å². The number of fused-ring (bicyclic) bond motifs is 1. The van der Waals surface area contributed by atoms with Crippen molar-refractivity contribution in [3.63, 3.8) is 0 Å². The molecule has 1 aromatic carbocycles. The third kappa shape index (κ3) is 2.55. The summed E-state index contributed by atoms with van der Waals surface area (Å²) in [6.45, 7) is 3.00. The summed E-state index contributed by atoms with van der Waals surface area (Å²) in [4.78, 5) is 2.42. The molecule has 0 amide bonds. The highest BCUT2D eigenvalue weighted by atomic mass is 16.3. The number of hydrogen-bond acceptors (Lipinski definition) is 4. The molecule has 1 aliphatic carbocycles. The molecule has 2 fully saturated rings. The van der Waals surface area contributed by atoms with E-state index in [1.165, 1.54) is 12.8 Å². The Bertz CT molecular complexity index is 463. The zero-order chi connectivity index (χ0) is 13.4. The molecular weight excluding hydrogens is 240 g/mol. The lowest BCUT2D eigenvalue weighted by molar-refractivity contribution is 0.259. The molecule has 3 rings (SSSR count). The summed E-state index contributed by atoms with van der Waals surface area (Å²) < 4.78 is 0. The van der Waals surface area contributed by atoms with Gasteiger partial charge < -0.3 is 15.9 Å². The lowest BCUT2D eigenvalue weighted by atomic mass is 9.78. The number of likely N-dealkylation sites (tertiary alicyclic amines) is 1. The van der Waals surface area contributed by atoms with Crippen LogP contribution >= 0.6 is 0 Å². The molecule has 1 saturated heterocycles. The number of benzene rings is 1. The van der Waals surface area contributed by atoms with Crippen molar-refractivity contribution in [2.45, 2.75) is 31.8 Å². The molecule has 2 aliphatic rings. The molecule has 1 saturated carbocycles. The Morgan fingerprint density at radius 1 is 1.16 bits per heavy atom. The van der Waals surface area contributed by atoms with Gasteiger partial charge >= 0.3 is 0 Å². The van der Waals surface area contributed by atoms with E-state index in [2.05, 4.69) is 4.90 Å². The summed E-state index contributed by atoms with van der Waals surface area (Å²) in [5, 5.41) is 18.9. The predicted octanol–water partition coefficient (Wildman–Crippen LogP) is 1.66. The summed E-state index contributed by atoms with van der Waals surface area (Å²) in [5.41, 5.74) is 7.26. The van der Waals surface area contributed by atoms with E-state index in [0.29, 0.717) is 12.0 Å². The Labute approximate surface area is 113 Å². The molecule has 4 nitrogen and oxygen atoms in total. The minimum atomic E-state index is -0.0548. The van der Waals surface area contributed by atoms with Gasteiger partial charge in [0.25, 0.3) is 0 Å². The molecule has 4 heteroatoms. The van der Waals surface area contributed by atoms with E-state index < -0.39 is 0 Å². The van der Waals surface area contributed by atoms with Crippen molar-refractivity contribution in [1.29, 1.82) is 0 Å². The van der Waals surface area contributed by atoms with Crippen molar-refractivity contribution in [2.75, 3.05) is 13.1 Å². The van der Waals surface area contributed by atoms with Gasteiger partial charge in [-0.2, -0.15) is 0 Å². The third-order valence-electron chi connectivity index (χ3n) is 4.68. The molecule has 0 aromatic heterocycles. The summed E-state index contributed by atoms with van der Waals surface area (Å²) in [6, 6.07) is 5.44. The van der Waals surface area contributed by atoms with Crippen molar-refractivity contribution in [3.8, 4) is 11.5 Å². The van der Waals surface area contributed by atoms with Gasteiger partial charge in [0.1, 0.15) is 0 Å². The van der Waals surface area contributed by atoms with Gasteiger partial charge in [0.05, 0.1) is 0 Å². The van der Waals surface area contributed by atoms with Gasteiger partial charge in [-0.3, -0.25) is 4.90 Å². The number of aromatic hydroxyl groups is 2. The summed E-state index contributed by atoms with van der Waals surface area (Å²) >= 11 is 0. The molecule has 104 valence electrons. The molecule has 1 aliphatic heterocycles. The van der Waals surface area contributed by atoms with E-state index in [-0.39, 0.29) is 11.5 Å². The minimum absolute atomic E-state index is 0.0363. The first-order valence-electron chi connectivity index (χ1n) is 7.12. The Morgan fingerprint density at radius 3 is 2.74 bits per heavy atom. The maximum absolute atomic E-state index is 9.53. The van der Waals surface area contributed by atoms with E-state index in [0.717, 1.165) is 37.5 Å². The third-order valence-corrected chi connectivity index (χ3v) is 4.68. The molecule has 4 N–H and O–H groups in total. The van der Waals surface area contributed by atoms with Gasteiger partial charge in [0.2, 0.25) is 0 Å². The van der Waals surface area contributed by atoms with Crippen LogP contribution in [0.1, 0.15) is 24.8 Å². The van der Waals surface area contributed by atoms with Crippen LogP contribution in [0.2, 0.25) is 0 Å². The van der Waals surface area contributed by atoms with Crippen molar-refractivity contribution in [2.24, 2.45) is 17.6 Å². The standard InChI is InChI=1S/C15H22N2O2/c16-13-3-1-2-11-8-17(9-12(11)13)7-10-4-5-14(18)15(19)6-10/h4-6,11-13,18-19H,1-3,7-9,16H2. The van der Waals surface area contributed by atoms with E-state index in [9.17, 15) is 10.2 Å². The van der Waals surface area contributed by atoms with E-state index >= 15 is 0 Å². The first-order chi connectivity index (χ1) is 9.13. The number of phenolic OH excluding ortho intramolecular Hbond substituents is 2. The van der Waals surface area contributed by atoms with Gasteiger partial charge in [0.15, 0.2) is 11.5 Å². The maximum Gasteiger partial charge on any atom is 0.157 e. The number of nitrogens with zero attached hydrogens (tertiary/aromatic N) is 1. The van der Waals surface area contributed by atoms with Gasteiger partial charge in [-0.05, 0) is 42.4 Å². The smallest absolute Gasteiger partial charge is 0.157 e. The van der Waals surface area contributed by atoms with Crippen LogP contribution in [-0.4, -0.2) is 34.2 Å². The average molecular weight is 262 g/mol. The molecule has 3 unspecified atom stereocenters. The minimum Gasteiger partial charge on any atom is -0.504 e. The fraction of sp³-hybridized carbons (Fsp3) is 0.600. The second kappa shape index (κ2) is 5.02. The van der Waals surface area contributed by atoms with Crippen molar-refractivity contribution >= 4 is 0 Å². The van der Waals surface area contributed by atoms with Crippen molar-refractivity contribution in [1.82, 2.24) is 4.90 Å².